The second-order valence-corrected chi connectivity index (χ2v) is 8.49. The summed E-state index contributed by atoms with van der Waals surface area (Å²) in [6.45, 7) is 1.43. The molecular weight excluding hydrogens is 362 g/mol. The first-order valence-electron chi connectivity index (χ1n) is 9.05. The van der Waals surface area contributed by atoms with Gasteiger partial charge in [0.1, 0.15) is 0 Å². The van der Waals surface area contributed by atoms with Gasteiger partial charge in [-0.15, -0.1) is 0 Å². The van der Waals surface area contributed by atoms with Crippen molar-refractivity contribution in [1.82, 2.24) is 13.9 Å². The lowest BCUT2D eigenvalue weighted by molar-refractivity contribution is -0.130. The Morgan fingerprint density at radius 3 is 2.48 bits per heavy atom. The Balaban J connectivity index is 1.48. The van der Waals surface area contributed by atoms with Gasteiger partial charge in [0.25, 0.3) is 10.2 Å². The van der Waals surface area contributed by atoms with Gasteiger partial charge in [-0.1, -0.05) is 54.6 Å². The molecule has 27 heavy (non-hydrogen) atoms. The summed E-state index contributed by atoms with van der Waals surface area (Å²) in [6, 6.07) is 17.6. The standard InChI is InChI=1S/C20H25N3O3S/c1-22(15-17-7-3-2-4-8-17)20(24)11-13-21-27(25,26)23-14-12-18-9-5-6-10-19(18)16-23/h2-10,21H,11-16H2,1H3. The van der Waals surface area contributed by atoms with Gasteiger partial charge in [-0.25, -0.2) is 4.72 Å². The summed E-state index contributed by atoms with van der Waals surface area (Å²) < 4.78 is 29.1. The summed E-state index contributed by atoms with van der Waals surface area (Å²) in [4.78, 5) is 13.9. The van der Waals surface area contributed by atoms with Crippen molar-refractivity contribution in [3.05, 3.63) is 71.3 Å². The highest BCUT2D eigenvalue weighted by Crippen LogP contribution is 2.20. The third-order valence-electron chi connectivity index (χ3n) is 4.75. The Morgan fingerprint density at radius 2 is 1.74 bits per heavy atom. The predicted molar refractivity (Wildman–Crippen MR) is 105 cm³/mol. The molecule has 0 spiro atoms. The Bertz CT molecular complexity index is 884. The summed E-state index contributed by atoms with van der Waals surface area (Å²) in [5, 5.41) is 0. The normalized spacial score (nSPS) is 14.6. The highest BCUT2D eigenvalue weighted by atomic mass is 32.2. The molecule has 1 aliphatic heterocycles. The van der Waals surface area contributed by atoms with Crippen LogP contribution in [0.4, 0.5) is 0 Å². The molecule has 0 aliphatic carbocycles. The summed E-state index contributed by atoms with van der Waals surface area (Å²) in [7, 11) is -1.87. The number of amides is 1. The van der Waals surface area contributed by atoms with Crippen molar-refractivity contribution < 1.29 is 13.2 Å². The Labute approximate surface area is 161 Å². The number of nitrogens with zero attached hydrogens (tertiary/aromatic N) is 2. The fraction of sp³-hybridized carbons (Fsp3) is 0.350. The van der Waals surface area contributed by atoms with Gasteiger partial charge >= 0.3 is 0 Å². The fourth-order valence-corrected chi connectivity index (χ4v) is 4.37. The van der Waals surface area contributed by atoms with Crippen molar-refractivity contribution in [2.75, 3.05) is 20.1 Å². The smallest absolute Gasteiger partial charge is 0.279 e. The van der Waals surface area contributed by atoms with Crippen molar-refractivity contribution in [3.63, 3.8) is 0 Å². The molecule has 7 heteroatoms. The minimum atomic E-state index is -3.59. The van der Waals surface area contributed by atoms with Crippen molar-refractivity contribution in [2.24, 2.45) is 0 Å². The SMILES string of the molecule is CN(Cc1ccccc1)C(=O)CCNS(=O)(=O)N1CCc2ccccc2C1. The summed E-state index contributed by atoms with van der Waals surface area (Å²) in [5.41, 5.74) is 3.27. The summed E-state index contributed by atoms with van der Waals surface area (Å²) in [5.74, 6) is -0.0921. The first-order chi connectivity index (χ1) is 13.0. The van der Waals surface area contributed by atoms with Crippen LogP contribution in [0.1, 0.15) is 23.1 Å². The van der Waals surface area contributed by atoms with E-state index in [0.29, 0.717) is 26.1 Å². The number of nitrogens with one attached hydrogen (secondary N) is 1. The van der Waals surface area contributed by atoms with E-state index in [4.69, 9.17) is 0 Å². The van der Waals surface area contributed by atoms with Crippen LogP contribution >= 0.6 is 0 Å². The minimum Gasteiger partial charge on any atom is -0.341 e. The minimum absolute atomic E-state index is 0.0921. The molecule has 2 aromatic rings. The molecule has 1 aliphatic rings. The molecule has 0 unspecified atom stereocenters. The quantitative estimate of drug-likeness (QED) is 0.789. The van der Waals surface area contributed by atoms with Crippen LogP contribution in [-0.4, -0.2) is 43.7 Å². The lowest BCUT2D eigenvalue weighted by atomic mass is 10.0. The lowest BCUT2D eigenvalue weighted by Gasteiger charge is -2.28. The molecule has 0 saturated heterocycles. The highest BCUT2D eigenvalue weighted by molar-refractivity contribution is 7.87. The van der Waals surface area contributed by atoms with Crippen molar-refractivity contribution in [3.8, 4) is 0 Å². The van der Waals surface area contributed by atoms with E-state index in [1.54, 1.807) is 11.9 Å². The molecule has 144 valence electrons. The molecule has 0 saturated carbocycles. The average Bonchev–Trinajstić information content (AvgIpc) is 2.68. The summed E-state index contributed by atoms with van der Waals surface area (Å²) in [6.07, 6.45) is 0.836. The van der Waals surface area contributed by atoms with Crippen LogP contribution in [0.2, 0.25) is 0 Å². The zero-order valence-corrected chi connectivity index (χ0v) is 16.3. The average molecular weight is 388 g/mol. The topological polar surface area (TPSA) is 69.7 Å². The molecule has 1 heterocycles. The van der Waals surface area contributed by atoms with Crippen LogP contribution in [0, 0.1) is 0 Å². The van der Waals surface area contributed by atoms with Gasteiger partial charge in [0.05, 0.1) is 0 Å². The molecule has 0 radical (unpaired) electrons. The van der Waals surface area contributed by atoms with Gasteiger partial charge < -0.3 is 4.90 Å². The number of hydrogen-bond donors (Lipinski definition) is 1. The number of hydrogen-bond acceptors (Lipinski definition) is 3. The second kappa shape index (κ2) is 8.65. The van der Waals surface area contributed by atoms with E-state index in [2.05, 4.69) is 4.72 Å². The molecule has 0 fully saturated rings. The van der Waals surface area contributed by atoms with Gasteiger partial charge in [-0.05, 0) is 23.1 Å². The zero-order chi connectivity index (χ0) is 19.3. The second-order valence-electron chi connectivity index (χ2n) is 6.74. The van der Waals surface area contributed by atoms with E-state index in [1.165, 1.54) is 9.87 Å². The van der Waals surface area contributed by atoms with Crippen molar-refractivity contribution >= 4 is 16.1 Å². The third-order valence-corrected chi connectivity index (χ3v) is 6.31. The lowest BCUT2D eigenvalue weighted by Crippen LogP contribution is -2.44. The largest absolute Gasteiger partial charge is 0.341 e. The van der Waals surface area contributed by atoms with Gasteiger partial charge in [0.2, 0.25) is 5.91 Å². The molecule has 0 aromatic heterocycles. The molecular formula is C20H25N3O3S. The van der Waals surface area contributed by atoms with E-state index < -0.39 is 10.2 Å². The number of carbonyl (C=O) groups excluding carboxylic acids is 1. The van der Waals surface area contributed by atoms with Gasteiger partial charge in [0.15, 0.2) is 0 Å². The van der Waals surface area contributed by atoms with E-state index in [9.17, 15) is 13.2 Å². The molecule has 2 aromatic carbocycles. The Morgan fingerprint density at radius 1 is 1.07 bits per heavy atom. The van der Waals surface area contributed by atoms with Crippen LogP contribution in [0.5, 0.6) is 0 Å². The van der Waals surface area contributed by atoms with Crippen LogP contribution in [0.3, 0.4) is 0 Å². The van der Waals surface area contributed by atoms with Crippen molar-refractivity contribution in [2.45, 2.75) is 25.9 Å². The number of benzene rings is 2. The van der Waals surface area contributed by atoms with Crippen LogP contribution in [0.15, 0.2) is 54.6 Å². The van der Waals surface area contributed by atoms with Crippen LogP contribution in [0.25, 0.3) is 0 Å². The predicted octanol–water partition coefficient (Wildman–Crippen LogP) is 1.93. The van der Waals surface area contributed by atoms with Gasteiger partial charge in [0, 0.05) is 39.6 Å². The van der Waals surface area contributed by atoms with E-state index in [0.717, 1.165) is 11.1 Å². The number of rotatable bonds is 7. The van der Waals surface area contributed by atoms with Gasteiger partial charge in [-0.2, -0.15) is 12.7 Å². The molecule has 3 rings (SSSR count). The van der Waals surface area contributed by atoms with E-state index in [-0.39, 0.29) is 18.9 Å². The first-order valence-corrected chi connectivity index (χ1v) is 10.5. The van der Waals surface area contributed by atoms with Crippen molar-refractivity contribution in [1.29, 1.82) is 0 Å². The number of fused-ring (bicyclic) bond motifs is 1. The molecule has 6 nitrogen and oxygen atoms in total. The Hall–Kier alpha value is -2.22. The highest BCUT2D eigenvalue weighted by Gasteiger charge is 2.26. The third kappa shape index (κ3) is 5.15. The maximum absolute atomic E-state index is 12.5. The van der Waals surface area contributed by atoms with Crippen LogP contribution in [-0.2, 0) is 34.5 Å². The summed E-state index contributed by atoms with van der Waals surface area (Å²) >= 11 is 0. The maximum Gasteiger partial charge on any atom is 0.279 e. The maximum atomic E-state index is 12.5. The Kier molecular flexibility index (Phi) is 6.26. The van der Waals surface area contributed by atoms with E-state index in [1.807, 2.05) is 54.6 Å². The van der Waals surface area contributed by atoms with Crippen LogP contribution < -0.4 is 4.72 Å². The molecule has 0 atom stereocenters. The molecule has 0 bridgehead atoms. The van der Waals surface area contributed by atoms with Gasteiger partial charge in [-0.3, -0.25) is 4.79 Å². The fourth-order valence-electron chi connectivity index (χ4n) is 3.19. The van der Waals surface area contributed by atoms with E-state index >= 15 is 0 Å². The monoisotopic (exact) mass is 387 g/mol. The molecule has 1 amide bonds. The zero-order valence-electron chi connectivity index (χ0n) is 15.5. The number of carbonyl (C=O) groups is 1. The first kappa shape index (κ1) is 19.5. The molecule has 1 N–H and O–H groups in total.